The van der Waals surface area contributed by atoms with Gasteiger partial charge in [0.25, 0.3) is 0 Å². The first-order valence-corrected chi connectivity index (χ1v) is 8.26. The molecule has 0 atom stereocenters. The van der Waals surface area contributed by atoms with Crippen molar-refractivity contribution >= 4 is 15.7 Å². The van der Waals surface area contributed by atoms with Gasteiger partial charge in [0.1, 0.15) is 0 Å². The van der Waals surface area contributed by atoms with Crippen molar-refractivity contribution in [3.8, 4) is 0 Å². The molecule has 0 radical (unpaired) electrons. The molecule has 1 fully saturated rings. The Morgan fingerprint density at radius 2 is 1.84 bits per heavy atom. The fourth-order valence-corrected chi connectivity index (χ4v) is 3.21. The zero-order valence-electron chi connectivity index (χ0n) is 11.5. The lowest BCUT2D eigenvalue weighted by Gasteiger charge is -2.35. The Hall–Kier alpha value is -1.11. The Bertz CT molecular complexity index is 549. The summed E-state index contributed by atoms with van der Waals surface area (Å²) in [6.45, 7) is 5.17. The molecular formula is C13H21N3O2S. The maximum absolute atomic E-state index is 11.5. The number of hydrogen-bond acceptors (Lipinski definition) is 4. The summed E-state index contributed by atoms with van der Waals surface area (Å²) in [7, 11) is -3.06. The standard InChI is InChI=1S/C13H21N3O2S/c1-11-9-13(4-3-12(11)10-14)15-5-7-16(8-6-15)19(2,17)18/h3-4,9H,5-8,10,14H2,1-2H3. The third kappa shape index (κ3) is 3.26. The summed E-state index contributed by atoms with van der Waals surface area (Å²) >= 11 is 0. The van der Waals surface area contributed by atoms with E-state index in [0.29, 0.717) is 19.6 Å². The molecule has 2 N–H and O–H groups in total. The van der Waals surface area contributed by atoms with Gasteiger partial charge in [0.05, 0.1) is 6.26 Å². The number of benzene rings is 1. The number of hydrogen-bond donors (Lipinski definition) is 1. The molecule has 2 rings (SSSR count). The van der Waals surface area contributed by atoms with Crippen molar-refractivity contribution in [3.63, 3.8) is 0 Å². The van der Waals surface area contributed by atoms with E-state index in [0.717, 1.165) is 24.3 Å². The van der Waals surface area contributed by atoms with Gasteiger partial charge in [-0.2, -0.15) is 4.31 Å². The minimum absolute atomic E-state index is 0.550. The Kier molecular flexibility index (Phi) is 4.13. The van der Waals surface area contributed by atoms with E-state index in [-0.39, 0.29) is 0 Å². The van der Waals surface area contributed by atoms with Crippen LogP contribution >= 0.6 is 0 Å². The molecule has 5 nitrogen and oxygen atoms in total. The van der Waals surface area contributed by atoms with Crippen molar-refractivity contribution in [3.05, 3.63) is 29.3 Å². The lowest BCUT2D eigenvalue weighted by Crippen LogP contribution is -2.48. The number of sulfonamides is 1. The van der Waals surface area contributed by atoms with E-state index < -0.39 is 10.0 Å². The molecule has 1 saturated heterocycles. The predicted octanol–water partition coefficient (Wildman–Crippen LogP) is 0.535. The first kappa shape index (κ1) is 14.3. The van der Waals surface area contributed by atoms with E-state index in [1.807, 2.05) is 6.07 Å². The zero-order chi connectivity index (χ0) is 14.0. The van der Waals surface area contributed by atoms with Crippen molar-refractivity contribution in [1.82, 2.24) is 4.31 Å². The number of anilines is 1. The van der Waals surface area contributed by atoms with Crippen molar-refractivity contribution in [2.45, 2.75) is 13.5 Å². The van der Waals surface area contributed by atoms with Gasteiger partial charge in [0.2, 0.25) is 10.0 Å². The Morgan fingerprint density at radius 1 is 1.21 bits per heavy atom. The molecule has 1 aromatic rings. The van der Waals surface area contributed by atoms with Crippen LogP contribution in [0.5, 0.6) is 0 Å². The number of nitrogens with zero attached hydrogens (tertiary/aromatic N) is 2. The van der Waals surface area contributed by atoms with E-state index in [1.165, 1.54) is 16.1 Å². The molecule has 0 bridgehead atoms. The van der Waals surface area contributed by atoms with Gasteiger partial charge >= 0.3 is 0 Å². The van der Waals surface area contributed by atoms with Crippen LogP contribution in [0.1, 0.15) is 11.1 Å². The Balaban J connectivity index is 2.08. The molecule has 1 aliphatic rings. The molecule has 1 heterocycles. The van der Waals surface area contributed by atoms with Crippen LogP contribution in [0.4, 0.5) is 5.69 Å². The number of rotatable bonds is 3. The van der Waals surface area contributed by atoms with Gasteiger partial charge in [0, 0.05) is 38.4 Å². The highest BCUT2D eigenvalue weighted by Crippen LogP contribution is 2.21. The molecule has 0 spiro atoms. The monoisotopic (exact) mass is 283 g/mol. The molecular weight excluding hydrogens is 262 g/mol. The maximum Gasteiger partial charge on any atom is 0.211 e. The third-order valence-corrected chi connectivity index (χ3v) is 4.92. The van der Waals surface area contributed by atoms with Crippen LogP contribution in [0.3, 0.4) is 0 Å². The topological polar surface area (TPSA) is 66.6 Å². The van der Waals surface area contributed by atoms with Crippen LogP contribution in [-0.2, 0) is 16.6 Å². The summed E-state index contributed by atoms with van der Waals surface area (Å²) in [4.78, 5) is 2.22. The van der Waals surface area contributed by atoms with Crippen molar-refractivity contribution in [2.24, 2.45) is 5.73 Å². The van der Waals surface area contributed by atoms with Crippen molar-refractivity contribution < 1.29 is 8.42 Å². The molecule has 1 aromatic carbocycles. The van der Waals surface area contributed by atoms with Gasteiger partial charge in [-0.3, -0.25) is 0 Å². The fraction of sp³-hybridized carbons (Fsp3) is 0.538. The molecule has 6 heteroatoms. The first-order chi connectivity index (χ1) is 8.91. The average Bonchev–Trinajstić information content (AvgIpc) is 2.38. The minimum atomic E-state index is -3.06. The van der Waals surface area contributed by atoms with Gasteiger partial charge < -0.3 is 10.6 Å². The summed E-state index contributed by atoms with van der Waals surface area (Å²) in [6.07, 6.45) is 1.27. The largest absolute Gasteiger partial charge is 0.369 e. The van der Waals surface area contributed by atoms with E-state index in [2.05, 4.69) is 24.0 Å². The smallest absolute Gasteiger partial charge is 0.211 e. The fourth-order valence-electron chi connectivity index (χ4n) is 2.38. The van der Waals surface area contributed by atoms with Crippen LogP contribution in [0.2, 0.25) is 0 Å². The molecule has 0 amide bonds. The van der Waals surface area contributed by atoms with Crippen molar-refractivity contribution in [2.75, 3.05) is 37.3 Å². The molecule has 0 aliphatic carbocycles. The normalized spacial score (nSPS) is 17.7. The van der Waals surface area contributed by atoms with Gasteiger partial charge in [0.15, 0.2) is 0 Å². The second-order valence-electron chi connectivity index (χ2n) is 4.96. The van der Waals surface area contributed by atoms with Crippen LogP contribution in [0.25, 0.3) is 0 Å². The third-order valence-electron chi connectivity index (χ3n) is 3.62. The SMILES string of the molecule is Cc1cc(N2CCN(S(C)(=O)=O)CC2)ccc1CN. The lowest BCUT2D eigenvalue weighted by molar-refractivity contribution is 0.388. The molecule has 19 heavy (non-hydrogen) atoms. The van der Waals surface area contributed by atoms with Crippen LogP contribution in [-0.4, -0.2) is 45.2 Å². The zero-order valence-corrected chi connectivity index (χ0v) is 12.3. The highest BCUT2D eigenvalue weighted by molar-refractivity contribution is 7.88. The summed E-state index contributed by atoms with van der Waals surface area (Å²) in [5.41, 5.74) is 9.14. The number of aryl methyl sites for hydroxylation is 1. The number of piperazine rings is 1. The minimum Gasteiger partial charge on any atom is -0.369 e. The van der Waals surface area contributed by atoms with Crippen LogP contribution in [0.15, 0.2) is 18.2 Å². The highest BCUT2D eigenvalue weighted by Gasteiger charge is 2.23. The lowest BCUT2D eigenvalue weighted by atomic mass is 10.1. The summed E-state index contributed by atoms with van der Waals surface area (Å²) < 4.78 is 24.5. The van der Waals surface area contributed by atoms with E-state index in [9.17, 15) is 8.42 Å². The number of nitrogens with two attached hydrogens (primary N) is 1. The second kappa shape index (κ2) is 5.48. The van der Waals surface area contributed by atoms with E-state index in [4.69, 9.17) is 5.73 Å². The van der Waals surface area contributed by atoms with Gasteiger partial charge in [-0.1, -0.05) is 6.07 Å². The van der Waals surface area contributed by atoms with Crippen LogP contribution in [0, 0.1) is 6.92 Å². The molecule has 0 aromatic heterocycles. The average molecular weight is 283 g/mol. The first-order valence-electron chi connectivity index (χ1n) is 6.41. The summed E-state index contributed by atoms with van der Waals surface area (Å²) in [5, 5.41) is 0. The molecule has 0 unspecified atom stereocenters. The maximum atomic E-state index is 11.5. The second-order valence-corrected chi connectivity index (χ2v) is 6.95. The highest BCUT2D eigenvalue weighted by atomic mass is 32.2. The molecule has 106 valence electrons. The van der Waals surface area contributed by atoms with Gasteiger partial charge in [-0.25, -0.2) is 8.42 Å². The van der Waals surface area contributed by atoms with E-state index >= 15 is 0 Å². The summed E-state index contributed by atoms with van der Waals surface area (Å²) in [6, 6.07) is 6.23. The van der Waals surface area contributed by atoms with Crippen LogP contribution < -0.4 is 10.6 Å². The van der Waals surface area contributed by atoms with E-state index in [1.54, 1.807) is 0 Å². The Labute approximate surface area is 115 Å². The molecule has 0 saturated carbocycles. The van der Waals surface area contributed by atoms with Gasteiger partial charge in [-0.05, 0) is 30.2 Å². The predicted molar refractivity (Wildman–Crippen MR) is 77.7 cm³/mol. The molecule has 1 aliphatic heterocycles. The summed E-state index contributed by atoms with van der Waals surface area (Å²) in [5.74, 6) is 0. The van der Waals surface area contributed by atoms with Crippen molar-refractivity contribution in [1.29, 1.82) is 0 Å². The Morgan fingerprint density at radius 3 is 2.32 bits per heavy atom. The van der Waals surface area contributed by atoms with Gasteiger partial charge in [-0.15, -0.1) is 0 Å². The quantitative estimate of drug-likeness (QED) is 0.879.